The Morgan fingerprint density at radius 2 is 2.28 bits per heavy atom. The lowest BCUT2D eigenvalue weighted by molar-refractivity contribution is -0.426. The van der Waals surface area contributed by atoms with Gasteiger partial charge in [-0.05, 0) is 23.1 Å². The van der Waals surface area contributed by atoms with Gasteiger partial charge < -0.3 is 21.3 Å². The maximum atomic E-state index is 10.3. The SMILES string of the molecule is N=C(/C=C(\N)[N+](=O)[O-])CSc1ccc(Cl)cc1N. The number of halogens is 1. The Balaban J connectivity index is 2.63. The molecule has 8 heteroatoms. The molecule has 0 radical (unpaired) electrons. The lowest BCUT2D eigenvalue weighted by Gasteiger charge is -2.05. The number of thioether (sulfide) groups is 1. The van der Waals surface area contributed by atoms with Crippen LogP contribution in [0.25, 0.3) is 0 Å². The molecule has 5 N–H and O–H groups in total. The molecule has 96 valence electrons. The molecule has 0 saturated carbocycles. The quantitative estimate of drug-likeness (QED) is 0.252. The zero-order valence-corrected chi connectivity index (χ0v) is 10.8. The number of nitrogen functional groups attached to an aromatic ring is 1. The van der Waals surface area contributed by atoms with Crippen LogP contribution >= 0.6 is 23.4 Å². The van der Waals surface area contributed by atoms with E-state index in [1.807, 2.05) is 0 Å². The highest BCUT2D eigenvalue weighted by atomic mass is 35.5. The van der Waals surface area contributed by atoms with Crippen molar-refractivity contribution >= 4 is 34.8 Å². The van der Waals surface area contributed by atoms with Gasteiger partial charge in [-0.25, -0.2) is 0 Å². The number of anilines is 1. The maximum Gasteiger partial charge on any atom is 0.315 e. The van der Waals surface area contributed by atoms with Gasteiger partial charge in [-0.15, -0.1) is 11.8 Å². The van der Waals surface area contributed by atoms with Crippen molar-refractivity contribution in [3.63, 3.8) is 0 Å². The van der Waals surface area contributed by atoms with Gasteiger partial charge in [0.2, 0.25) is 0 Å². The average Bonchev–Trinajstić information content (AvgIpc) is 2.27. The van der Waals surface area contributed by atoms with E-state index in [0.717, 1.165) is 11.0 Å². The van der Waals surface area contributed by atoms with E-state index in [1.54, 1.807) is 18.2 Å². The summed E-state index contributed by atoms with van der Waals surface area (Å²) in [6.07, 6.45) is 1.01. The number of nitrogens with one attached hydrogen (secondary N) is 1. The normalized spacial score (nSPS) is 11.3. The van der Waals surface area contributed by atoms with Gasteiger partial charge in [0.25, 0.3) is 0 Å². The van der Waals surface area contributed by atoms with Crippen LogP contribution in [0, 0.1) is 15.5 Å². The highest BCUT2D eigenvalue weighted by Crippen LogP contribution is 2.27. The summed E-state index contributed by atoms with van der Waals surface area (Å²) in [5.74, 6) is -0.315. The first kappa shape index (κ1) is 14.3. The molecule has 1 rings (SSSR count). The van der Waals surface area contributed by atoms with Gasteiger partial charge in [0.15, 0.2) is 0 Å². The van der Waals surface area contributed by atoms with Crippen LogP contribution in [0.15, 0.2) is 35.0 Å². The monoisotopic (exact) mass is 286 g/mol. The number of hydrogen-bond donors (Lipinski definition) is 3. The molecule has 0 aliphatic rings. The van der Waals surface area contributed by atoms with Crippen molar-refractivity contribution in [1.29, 1.82) is 5.41 Å². The summed E-state index contributed by atoms with van der Waals surface area (Å²) in [7, 11) is 0. The van der Waals surface area contributed by atoms with Crippen molar-refractivity contribution in [2.75, 3.05) is 11.5 Å². The van der Waals surface area contributed by atoms with Crippen LogP contribution in [0.3, 0.4) is 0 Å². The highest BCUT2D eigenvalue weighted by molar-refractivity contribution is 8.00. The summed E-state index contributed by atoms with van der Waals surface area (Å²) < 4.78 is 0. The number of hydrogen-bond acceptors (Lipinski definition) is 6. The second kappa shape index (κ2) is 6.27. The van der Waals surface area contributed by atoms with Gasteiger partial charge in [0, 0.05) is 27.1 Å². The number of benzene rings is 1. The third-order valence-electron chi connectivity index (χ3n) is 1.89. The van der Waals surface area contributed by atoms with E-state index in [0.29, 0.717) is 10.7 Å². The van der Waals surface area contributed by atoms with Crippen molar-refractivity contribution in [2.45, 2.75) is 4.90 Å². The minimum Gasteiger partial charge on any atom is -0.398 e. The molecule has 0 aliphatic carbocycles. The molecule has 18 heavy (non-hydrogen) atoms. The van der Waals surface area contributed by atoms with E-state index < -0.39 is 10.7 Å². The van der Waals surface area contributed by atoms with Gasteiger partial charge in [0.1, 0.15) is 0 Å². The summed E-state index contributed by atoms with van der Waals surface area (Å²) in [6, 6.07) is 5.02. The predicted molar refractivity (Wildman–Crippen MR) is 73.6 cm³/mol. The molecule has 0 aromatic heterocycles. The summed E-state index contributed by atoms with van der Waals surface area (Å²) in [5.41, 5.74) is 11.4. The average molecular weight is 287 g/mol. The Hall–Kier alpha value is -1.73. The molecule has 0 heterocycles. The van der Waals surface area contributed by atoms with Crippen molar-refractivity contribution < 1.29 is 4.92 Å². The van der Waals surface area contributed by atoms with Crippen molar-refractivity contribution in [1.82, 2.24) is 0 Å². The van der Waals surface area contributed by atoms with Crippen LogP contribution in [-0.2, 0) is 0 Å². The van der Waals surface area contributed by atoms with Crippen molar-refractivity contribution in [3.05, 3.63) is 45.2 Å². The topological polar surface area (TPSA) is 119 Å². The maximum absolute atomic E-state index is 10.3. The second-order valence-corrected chi connectivity index (χ2v) is 4.78. The molecule has 0 atom stereocenters. The lowest BCUT2D eigenvalue weighted by Crippen LogP contribution is -2.11. The van der Waals surface area contributed by atoms with Gasteiger partial charge in [-0.1, -0.05) is 11.6 Å². The van der Waals surface area contributed by atoms with Crippen LogP contribution < -0.4 is 11.5 Å². The van der Waals surface area contributed by atoms with E-state index >= 15 is 0 Å². The molecule has 1 aromatic carbocycles. The van der Waals surface area contributed by atoms with Crippen LogP contribution in [0.4, 0.5) is 5.69 Å². The fourth-order valence-corrected chi connectivity index (χ4v) is 2.04. The largest absolute Gasteiger partial charge is 0.398 e. The molecular formula is C10H11ClN4O2S. The molecule has 0 amide bonds. The fourth-order valence-electron chi connectivity index (χ4n) is 1.08. The van der Waals surface area contributed by atoms with E-state index in [9.17, 15) is 10.1 Å². The molecule has 0 bridgehead atoms. The molecular weight excluding hydrogens is 276 g/mol. The number of rotatable bonds is 5. The van der Waals surface area contributed by atoms with Gasteiger partial charge in [-0.3, -0.25) is 5.73 Å². The first-order valence-corrected chi connectivity index (χ1v) is 6.13. The number of nitro groups is 1. The Kier molecular flexibility index (Phi) is 4.99. The Morgan fingerprint density at radius 3 is 2.83 bits per heavy atom. The smallest absolute Gasteiger partial charge is 0.315 e. The summed E-state index contributed by atoms with van der Waals surface area (Å²) in [4.78, 5) is 10.3. The van der Waals surface area contributed by atoms with Gasteiger partial charge >= 0.3 is 5.82 Å². The first-order chi connectivity index (χ1) is 8.40. The molecule has 0 unspecified atom stereocenters. The Bertz CT molecular complexity index is 519. The predicted octanol–water partition coefficient (Wildman–Crippen LogP) is 2.11. The minimum absolute atomic E-state index is 0.0450. The molecule has 0 saturated heterocycles. The van der Waals surface area contributed by atoms with E-state index in [-0.39, 0.29) is 11.5 Å². The third kappa shape index (κ3) is 4.27. The molecule has 0 aliphatic heterocycles. The number of nitrogens with zero attached hydrogens (tertiary/aromatic N) is 1. The number of nitrogens with two attached hydrogens (primary N) is 2. The highest BCUT2D eigenvalue weighted by Gasteiger charge is 2.05. The van der Waals surface area contributed by atoms with Crippen molar-refractivity contribution in [2.24, 2.45) is 5.73 Å². The number of allylic oxidation sites excluding steroid dienone is 1. The Labute approximate surface area is 113 Å². The van der Waals surface area contributed by atoms with E-state index in [4.69, 9.17) is 28.5 Å². The lowest BCUT2D eigenvalue weighted by atomic mass is 10.3. The molecule has 6 nitrogen and oxygen atoms in total. The molecule has 0 spiro atoms. The van der Waals surface area contributed by atoms with Crippen LogP contribution in [0.1, 0.15) is 0 Å². The second-order valence-electron chi connectivity index (χ2n) is 3.32. The first-order valence-electron chi connectivity index (χ1n) is 4.77. The van der Waals surface area contributed by atoms with Crippen LogP contribution in [0.5, 0.6) is 0 Å². The third-order valence-corrected chi connectivity index (χ3v) is 3.26. The van der Waals surface area contributed by atoms with E-state index in [2.05, 4.69) is 0 Å². The zero-order chi connectivity index (χ0) is 13.7. The van der Waals surface area contributed by atoms with Crippen molar-refractivity contribution in [3.8, 4) is 0 Å². The molecule has 1 aromatic rings. The molecule has 0 fully saturated rings. The van der Waals surface area contributed by atoms with Crippen LogP contribution in [-0.4, -0.2) is 16.4 Å². The zero-order valence-electron chi connectivity index (χ0n) is 9.22. The standard InChI is InChI=1S/C10H11ClN4O2S/c11-6-1-2-9(8(13)3-6)18-5-7(12)4-10(14)15(16)17/h1-4,12H,5,13-14H2/b10-4+,12-7?. The van der Waals surface area contributed by atoms with Gasteiger partial charge in [0.05, 0.1) is 6.08 Å². The summed E-state index contributed by atoms with van der Waals surface area (Å²) in [5, 5.41) is 18.3. The van der Waals surface area contributed by atoms with Crippen LogP contribution in [0.2, 0.25) is 5.02 Å². The summed E-state index contributed by atoms with van der Waals surface area (Å²) >= 11 is 7.04. The Morgan fingerprint density at radius 1 is 1.61 bits per heavy atom. The fraction of sp³-hybridized carbons (Fsp3) is 0.100. The van der Waals surface area contributed by atoms with E-state index in [1.165, 1.54) is 11.8 Å². The summed E-state index contributed by atoms with van der Waals surface area (Å²) in [6.45, 7) is 0. The minimum atomic E-state index is -0.740. The van der Waals surface area contributed by atoms with Gasteiger partial charge in [-0.2, -0.15) is 0 Å².